The fourth-order valence-electron chi connectivity index (χ4n) is 3.28. The Morgan fingerprint density at radius 3 is 2.21 bits per heavy atom. The second-order valence-corrected chi connectivity index (χ2v) is 12.1. The van der Waals surface area contributed by atoms with E-state index in [1.165, 1.54) is 11.3 Å². The molecule has 5 aromatic rings. The Morgan fingerprint density at radius 2 is 1.53 bits per heavy atom. The highest BCUT2D eigenvalue weighted by atomic mass is 32.2. The number of aryl methyl sites for hydroxylation is 1. The molecule has 0 saturated carbocycles. The summed E-state index contributed by atoms with van der Waals surface area (Å²) in [5, 5.41) is 3.34. The van der Waals surface area contributed by atoms with Gasteiger partial charge in [0.15, 0.2) is 9.47 Å². The topological polar surface area (TPSA) is 101 Å². The predicted molar refractivity (Wildman–Crippen MR) is 141 cm³/mol. The van der Waals surface area contributed by atoms with E-state index in [4.69, 9.17) is 0 Å². The molecule has 0 aliphatic rings. The maximum Gasteiger partial charge on any atom is 0.261 e. The van der Waals surface area contributed by atoms with Crippen molar-refractivity contribution in [3.63, 3.8) is 0 Å². The summed E-state index contributed by atoms with van der Waals surface area (Å²) in [6.45, 7) is 1.89. The smallest absolute Gasteiger partial charge is 0.261 e. The molecule has 0 radical (unpaired) electrons. The summed E-state index contributed by atoms with van der Waals surface area (Å²) in [6.07, 6.45) is 1.99. The van der Waals surface area contributed by atoms with Gasteiger partial charge in [-0.1, -0.05) is 40.8 Å². The highest BCUT2D eigenvalue weighted by molar-refractivity contribution is 8.00. The lowest BCUT2D eigenvalue weighted by molar-refractivity contribution is 0.102. The molecule has 0 saturated heterocycles. The lowest BCUT2D eigenvalue weighted by atomic mass is 10.2. The van der Waals surface area contributed by atoms with Crippen molar-refractivity contribution in [1.29, 1.82) is 0 Å². The van der Waals surface area contributed by atoms with E-state index in [1.54, 1.807) is 71.6 Å². The van der Waals surface area contributed by atoms with Crippen molar-refractivity contribution in [1.82, 2.24) is 9.97 Å². The minimum absolute atomic E-state index is 0.176. The summed E-state index contributed by atoms with van der Waals surface area (Å²) in [7, 11) is -3.71. The molecular formula is C23H18N4O3S4. The van der Waals surface area contributed by atoms with E-state index in [2.05, 4.69) is 20.0 Å². The van der Waals surface area contributed by atoms with Gasteiger partial charge in [-0.05, 0) is 61.7 Å². The quantitative estimate of drug-likeness (QED) is 0.264. The van der Waals surface area contributed by atoms with Gasteiger partial charge in [0.2, 0.25) is 0 Å². The Morgan fingerprint density at radius 1 is 0.882 bits per heavy atom. The molecule has 2 aromatic heterocycles. The number of fused-ring (bicyclic) bond motifs is 3. The number of hydrogen-bond donors (Lipinski definition) is 2. The van der Waals surface area contributed by atoms with Crippen molar-refractivity contribution in [2.45, 2.75) is 16.2 Å². The zero-order valence-corrected chi connectivity index (χ0v) is 21.3. The minimum Gasteiger partial charge on any atom is -0.298 e. The average Bonchev–Trinajstić information content (AvgIpc) is 3.42. The van der Waals surface area contributed by atoms with Crippen molar-refractivity contribution in [2.24, 2.45) is 0 Å². The number of benzene rings is 3. The van der Waals surface area contributed by atoms with Crippen molar-refractivity contribution in [3.8, 4) is 0 Å². The zero-order chi connectivity index (χ0) is 23.9. The van der Waals surface area contributed by atoms with Gasteiger partial charge >= 0.3 is 0 Å². The van der Waals surface area contributed by atoms with Crippen LogP contribution in [-0.4, -0.2) is 30.5 Å². The van der Waals surface area contributed by atoms with Gasteiger partial charge < -0.3 is 0 Å². The maximum absolute atomic E-state index is 12.8. The van der Waals surface area contributed by atoms with Gasteiger partial charge in [0.05, 0.1) is 25.3 Å². The fourth-order valence-corrected chi connectivity index (χ4v) is 7.00. The molecule has 0 fully saturated rings. The van der Waals surface area contributed by atoms with Crippen molar-refractivity contribution < 1.29 is 13.2 Å². The van der Waals surface area contributed by atoms with Crippen LogP contribution in [0.4, 0.5) is 10.8 Å². The Labute approximate surface area is 208 Å². The number of thioether (sulfide) groups is 1. The normalized spacial score (nSPS) is 11.7. The first-order valence-corrected chi connectivity index (χ1v) is 14.4. The Bertz CT molecular complexity index is 1620. The molecule has 172 valence electrons. The third-order valence-electron chi connectivity index (χ3n) is 5.02. The maximum atomic E-state index is 12.8. The van der Waals surface area contributed by atoms with Crippen LogP contribution in [0.2, 0.25) is 0 Å². The number of sulfonamides is 1. The van der Waals surface area contributed by atoms with Crippen molar-refractivity contribution in [2.75, 3.05) is 16.3 Å². The fraction of sp³-hybridized carbons (Fsp3) is 0.0870. The van der Waals surface area contributed by atoms with E-state index in [9.17, 15) is 13.2 Å². The van der Waals surface area contributed by atoms with Crippen LogP contribution in [0.3, 0.4) is 0 Å². The lowest BCUT2D eigenvalue weighted by Gasteiger charge is -2.09. The minimum atomic E-state index is -3.71. The first kappa shape index (κ1) is 22.8. The molecule has 5 rings (SSSR count). The molecule has 0 aliphatic carbocycles. The number of thiazole rings is 2. The van der Waals surface area contributed by atoms with Gasteiger partial charge in [-0.15, -0.1) is 11.3 Å². The predicted octanol–water partition coefficient (Wildman–Crippen LogP) is 5.99. The summed E-state index contributed by atoms with van der Waals surface area (Å²) in [5.74, 6) is -0.322. The molecule has 7 nitrogen and oxygen atoms in total. The molecule has 2 N–H and O–H groups in total. The average molecular weight is 527 g/mol. The summed E-state index contributed by atoms with van der Waals surface area (Å²) in [5.41, 5.74) is 3.47. The van der Waals surface area contributed by atoms with Crippen LogP contribution in [0.1, 0.15) is 15.9 Å². The van der Waals surface area contributed by atoms with Crippen LogP contribution in [0.5, 0.6) is 0 Å². The lowest BCUT2D eigenvalue weighted by Crippen LogP contribution is -2.14. The molecule has 0 atom stereocenters. The molecule has 0 aliphatic heterocycles. The number of aromatic nitrogens is 2. The van der Waals surface area contributed by atoms with E-state index < -0.39 is 10.0 Å². The van der Waals surface area contributed by atoms with E-state index >= 15 is 0 Å². The van der Waals surface area contributed by atoms with E-state index in [0.29, 0.717) is 16.4 Å². The molecule has 0 spiro atoms. The first-order chi connectivity index (χ1) is 16.3. The molecular weight excluding hydrogens is 509 g/mol. The summed E-state index contributed by atoms with van der Waals surface area (Å²) in [6, 6.07) is 16.7. The van der Waals surface area contributed by atoms with E-state index in [1.807, 2.05) is 25.3 Å². The van der Waals surface area contributed by atoms with Gasteiger partial charge in [-0.2, -0.15) is 0 Å². The SMILES string of the molecule is CSc1nc2ccc3nc(NC(=O)c4ccc(NS(=O)(=O)c5ccc(C)cc5)cc4)sc3c2s1. The standard InChI is InChI=1S/C23H18N4O3S4/c1-13-3-9-16(10-4-13)34(29,30)27-15-7-5-14(6-8-15)21(28)26-22-24-17-11-12-18-20(19(17)32-22)33-23(25-18)31-2/h3-12,27H,1-2H3,(H,24,26,28). The number of carbonyl (C=O) groups is 1. The summed E-state index contributed by atoms with van der Waals surface area (Å²) in [4.78, 5) is 22.1. The number of amides is 1. The summed E-state index contributed by atoms with van der Waals surface area (Å²) >= 11 is 4.62. The van der Waals surface area contributed by atoms with Crippen LogP contribution >= 0.6 is 34.4 Å². The molecule has 11 heteroatoms. The van der Waals surface area contributed by atoms with Crippen molar-refractivity contribution >= 4 is 81.6 Å². The number of hydrogen-bond acceptors (Lipinski definition) is 8. The second kappa shape index (κ2) is 8.99. The van der Waals surface area contributed by atoms with Gasteiger partial charge in [-0.25, -0.2) is 18.4 Å². The van der Waals surface area contributed by atoms with Gasteiger partial charge in [0.25, 0.3) is 15.9 Å². The van der Waals surface area contributed by atoms with Crippen LogP contribution < -0.4 is 10.0 Å². The molecule has 34 heavy (non-hydrogen) atoms. The monoisotopic (exact) mass is 526 g/mol. The van der Waals surface area contributed by atoms with Crippen LogP contribution in [0.15, 0.2) is 69.9 Å². The van der Waals surface area contributed by atoms with Crippen LogP contribution in [0, 0.1) is 6.92 Å². The third kappa shape index (κ3) is 4.51. The number of carbonyl (C=O) groups excluding carboxylic acids is 1. The molecule has 0 bridgehead atoms. The Balaban J connectivity index is 1.32. The highest BCUT2D eigenvalue weighted by Gasteiger charge is 2.16. The molecule has 2 heterocycles. The summed E-state index contributed by atoms with van der Waals surface area (Å²) < 4.78 is 30.7. The zero-order valence-electron chi connectivity index (χ0n) is 18.0. The van der Waals surface area contributed by atoms with E-state index in [0.717, 1.165) is 30.3 Å². The van der Waals surface area contributed by atoms with Gasteiger partial charge in [0, 0.05) is 11.3 Å². The van der Waals surface area contributed by atoms with Crippen LogP contribution in [0.25, 0.3) is 20.4 Å². The van der Waals surface area contributed by atoms with Crippen LogP contribution in [-0.2, 0) is 10.0 Å². The third-order valence-corrected chi connectivity index (χ3v) is 9.62. The number of nitrogens with zero attached hydrogens (tertiary/aromatic N) is 2. The largest absolute Gasteiger partial charge is 0.298 e. The molecule has 0 unspecified atom stereocenters. The molecule has 3 aromatic carbocycles. The highest BCUT2D eigenvalue weighted by Crippen LogP contribution is 2.38. The second-order valence-electron chi connectivity index (χ2n) is 7.42. The number of anilines is 2. The molecule has 1 amide bonds. The van der Waals surface area contributed by atoms with Gasteiger partial charge in [-0.3, -0.25) is 14.8 Å². The van der Waals surface area contributed by atoms with Gasteiger partial charge in [0.1, 0.15) is 0 Å². The first-order valence-electron chi connectivity index (χ1n) is 10.1. The van der Waals surface area contributed by atoms with E-state index in [-0.39, 0.29) is 10.8 Å². The van der Waals surface area contributed by atoms with Crippen molar-refractivity contribution in [3.05, 3.63) is 71.8 Å². The number of rotatable bonds is 6. The Kier molecular flexibility index (Phi) is 6.02. The Hall–Kier alpha value is -2.99. The number of nitrogens with one attached hydrogen (secondary N) is 2.